The summed E-state index contributed by atoms with van der Waals surface area (Å²) in [5.74, 6) is -0.121. The van der Waals surface area contributed by atoms with Crippen molar-refractivity contribution < 1.29 is 4.79 Å². The quantitative estimate of drug-likeness (QED) is 0.530. The number of hydrogen-bond acceptors (Lipinski definition) is 6. The number of amides is 1. The molecule has 0 saturated heterocycles. The van der Waals surface area contributed by atoms with Gasteiger partial charge >= 0.3 is 0 Å². The predicted molar refractivity (Wildman–Crippen MR) is 112 cm³/mol. The maximum atomic E-state index is 12.6. The van der Waals surface area contributed by atoms with E-state index in [0.717, 1.165) is 22.3 Å². The van der Waals surface area contributed by atoms with Crippen molar-refractivity contribution in [2.45, 2.75) is 33.2 Å². The van der Waals surface area contributed by atoms with Gasteiger partial charge in [-0.15, -0.1) is 5.10 Å². The number of nitrogens with zero attached hydrogens (tertiary/aromatic N) is 6. The third-order valence-electron chi connectivity index (χ3n) is 5.03. The Kier molecular flexibility index (Phi) is 5.34. The van der Waals surface area contributed by atoms with Gasteiger partial charge in [0.15, 0.2) is 0 Å². The SMILES string of the molecule is Cc1c(NC(=O)CCCn2cnc3c(C)cccc3c2=O)cccc1-n1cnnn1. The maximum Gasteiger partial charge on any atom is 0.261 e. The van der Waals surface area contributed by atoms with Crippen molar-refractivity contribution >= 4 is 22.5 Å². The minimum Gasteiger partial charge on any atom is -0.326 e. The molecule has 30 heavy (non-hydrogen) atoms. The molecule has 1 N–H and O–H groups in total. The smallest absolute Gasteiger partial charge is 0.261 e. The summed E-state index contributed by atoms with van der Waals surface area (Å²) in [6, 6.07) is 11.1. The van der Waals surface area contributed by atoms with Gasteiger partial charge in [0.25, 0.3) is 5.56 Å². The molecule has 0 atom stereocenters. The molecule has 9 heteroatoms. The van der Waals surface area contributed by atoms with Crippen LogP contribution in [-0.4, -0.2) is 35.7 Å². The average molecular weight is 403 g/mol. The molecule has 0 fully saturated rings. The van der Waals surface area contributed by atoms with E-state index in [1.165, 1.54) is 6.33 Å². The molecule has 4 rings (SSSR count). The van der Waals surface area contributed by atoms with E-state index < -0.39 is 0 Å². The van der Waals surface area contributed by atoms with E-state index in [4.69, 9.17) is 0 Å². The molecule has 2 aromatic carbocycles. The summed E-state index contributed by atoms with van der Waals surface area (Å²) >= 11 is 0. The van der Waals surface area contributed by atoms with Gasteiger partial charge in [0.2, 0.25) is 5.91 Å². The van der Waals surface area contributed by atoms with E-state index in [-0.39, 0.29) is 17.9 Å². The van der Waals surface area contributed by atoms with Gasteiger partial charge in [0, 0.05) is 18.7 Å². The van der Waals surface area contributed by atoms with Crippen LogP contribution in [0.3, 0.4) is 0 Å². The summed E-state index contributed by atoms with van der Waals surface area (Å²) in [7, 11) is 0. The number of aryl methyl sites for hydroxylation is 2. The van der Waals surface area contributed by atoms with Crippen LogP contribution in [0, 0.1) is 13.8 Å². The van der Waals surface area contributed by atoms with Gasteiger partial charge in [-0.2, -0.15) is 0 Å². The molecule has 9 nitrogen and oxygen atoms in total. The molecule has 2 aromatic heterocycles. The molecule has 0 spiro atoms. The Morgan fingerprint density at radius 3 is 2.73 bits per heavy atom. The molecular formula is C21H21N7O2. The van der Waals surface area contributed by atoms with Crippen LogP contribution in [0.2, 0.25) is 0 Å². The van der Waals surface area contributed by atoms with Crippen LogP contribution in [0.1, 0.15) is 24.0 Å². The highest BCUT2D eigenvalue weighted by Crippen LogP contribution is 2.21. The second kappa shape index (κ2) is 8.24. The number of aromatic nitrogens is 6. The first kappa shape index (κ1) is 19.4. The Morgan fingerprint density at radius 1 is 1.10 bits per heavy atom. The number of rotatable bonds is 6. The van der Waals surface area contributed by atoms with Crippen molar-refractivity contribution in [3.8, 4) is 5.69 Å². The molecule has 0 unspecified atom stereocenters. The highest BCUT2D eigenvalue weighted by Gasteiger charge is 2.11. The van der Waals surface area contributed by atoms with E-state index >= 15 is 0 Å². The van der Waals surface area contributed by atoms with Crippen LogP contribution in [0.15, 0.2) is 53.8 Å². The number of hydrogen-bond donors (Lipinski definition) is 1. The highest BCUT2D eigenvalue weighted by atomic mass is 16.1. The second-order valence-corrected chi connectivity index (χ2v) is 7.07. The first-order chi connectivity index (χ1) is 14.5. The van der Waals surface area contributed by atoms with Crippen LogP contribution in [0.25, 0.3) is 16.6 Å². The van der Waals surface area contributed by atoms with Crippen molar-refractivity contribution in [3.63, 3.8) is 0 Å². The van der Waals surface area contributed by atoms with Gasteiger partial charge in [-0.25, -0.2) is 9.67 Å². The molecular weight excluding hydrogens is 382 g/mol. The lowest BCUT2D eigenvalue weighted by molar-refractivity contribution is -0.116. The lowest BCUT2D eigenvalue weighted by atomic mass is 10.1. The maximum absolute atomic E-state index is 12.6. The summed E-state index contributed by atoms with van der Waals surface area (Å²) in [6.45, 7) is 4.25. The van der Waals surface area contributed by atoms with Crippen molar-refractivity contribution in [1.29, 1.82) is 0 Å². The molecule has 0 radical (unpaired) electrons. The molecule has 4 aromatic rings. The minimum absolute atomic E-state index is 0.0888. The topological polar surface area (TPSA) is 108 Å². The van der Waals surface area contributed by atoms with E-state index in [0.29, 0.717) is 24.0 Å². The van der Waals surface area contributed by atoms with Crippen molar-refractivity contribution in [2.24, 2.45) is 0 Å². The normalized spacial score (nSPS) is 11.0. The number of carbonyl (C=O) groups excluding carboxylic acids is 1. The summed E-state index contributed by atoms with van der Waals surface area (Å²) < 4.78 is 3.10. The largest absolute Gasteiger partial charge is 0.326 e. The van der Waals surface area contributed by atoms with Crippen molar-refractivity contribution in [1.82, 2.24) is 29.8 Å². The van der Waals surface area contributed by atoms with Crippen LogP contribution >= 0.6 is 0 Å². The zero-order valence-corrected chi connectivity index (χ0v) is 16.7. The van der Waals surface area contributed by atoms with Gasteiger partial charge in [-0.05, 0) is 60.0 Å². The lowest BCUT2D eigenvalue weighted by Gasteiger charge is -2.12. The standard InChI is InChI=1S/C21H21N7O2/c1-14-6-3-7-16-20(14)22-12-27(21(16)30)11-5-10-19(29)24-17-8-4-9-18(15(17)2)28-13-23-25-26-28/h3-4,6-9,12-13H,5,10-11H2,1-2H3,(H,24,29). The molecule has 0 aliphatic rings. The zero-order chi connectivity index (χ0) is 21.1. The number of tetrazole rings is 1. The van der Waals surface area contributed by atoms with Crippen LogP contribution in [0.4, 0.5) is 5.69 Å². The number of anilines is 1. The summed E-state index contributed by atoms with van der Waals surface area (Å²) in [5.41, 5.74) is 3.96. The molecule has 0 bridgehead atoms. The third-order valence-corrected chi connectivity index (χ3v) is 5.03. The molecule has 0 aliphatic carbocycles. The highest BCUT2D eigenvalue weighted by molar-refractivity contribution is 5.92. The van der Waals surface area contributed by atoms with Gasteiger partial charge < -0.3 is 5.32 Å². The fourth-order valence-electron chi connectivity index (χ4n) is 3.40. The number of fused-ring (bicyclic) bond motifs is 1. The molecule has 152 valence electrons. The fourth-order valence-corrected chi connectivity index (χ4v) is 3.40. The molecule has 0 aliphatic heterocycles. The summed E-state index contributed by atoms with van der Waals surface area (Å²) in [4.78, 5) is 29.5. The van der Waals surface area contributed by atoms with Gasteiger partial charge in [-0.3, -0.25) is 14.2 Å². The lowest BCUT2D eigenvalue weighted by Crippen LogP contribution is -2.22. The fraction of sp³-hybridized carbons (Fsp3) is 0.238. The molecule has 2 heterocycles. The minimum atomic E-state index is -0.121. The number of benzene rings is 2. The first-order valence-electron chi connectivity index (χ1n) is 9.62. The second-order valence-electron chi connectivity index (χ2n) is 7.07. The zero-order valence-electron chi connectivity index (χ0n) is 16.7. The van der Waals surface area contributed by atoms with Crippen LogP contribution in [-0.2, 0) is 11.3 Å². The summed E-state index contributed by atoms with van der Waals surface area (Å²) in [6.07, 6.45) is 3.86. The van der Waals surface area contributed by atoms with E-state index in [2.05, 4.69) is 25.8 Å². The molecule has 0 saturated carbocycles. The van der Waals surface area contributed by atoms with Gasteiger partial charge in [0.1, 0.15) is 6.33 Å². The Bertz CT molecular complexity index is 1260. The van der Waals surface area contributed by atoms with Crippen LogP contribution in [0.5, 0.6) is 0 Å². The molecule has 1 amide bonds. The van der Waals surface area contributed by atoms with Gasteiger partial charge in [0.05, 0.1) is 22.9 Å². The van der Waals surface area contributed by atoms with Crippen molar-refractivity contribution in [3.05, 3.63) is 70.5 Å². The van der Waals surface area contributed by atoms with E-state index in [1.54, 1.807) is 21.6 Å². The number of para-hydroxylation sites is 1. The number of carbonyl (C=O) groups is 1. The van der Waals surface area contributed by atoms with E-state index in [9.17, 15) is 9.59 Å². The van der Waals surface area contributed by atoms with E-state index in [1.807, 2.05) is 44.2 Å². The third kappa shape index (κ3) is 3.82. The predicted octanol–water partition coefficient (Wildman–Crippen LogP) is 2.41. The van der Waals surface area contributed by atoms with Crippen LogP contribution < -0.4 is 10.9 Å². The Balaban J connectivity index is 1.41. The Morgan fingerprint density at radius 2 is 1.93 bits per heavy atom. The van der Waals surface area contributed by atoms with Crippen molar-refractivity contribution in [2.75, 3.05) is 5.32 Å². The van der Waals surface area contributed by atoms with Gasteiger partial charge in [-0.1, -0.05) is 18.2 Å². The average Bonchev–Trinajstić information content (AvgIpc) is 3.26. The summed E-state index contributed by atoms with van der Waals surface area (Å²) in [5, 5.41) is 14.7. The Hall–Kier alpha value is -3.88. The monoisotopic (exact) mass is 403 g/mol. The Labute approximate surface area is 172 Å². The number of nitrogens with one attached hydrogen (secondary N) is 1. The first-order valence-corrected chi connectivity index (χ1v) is 9.62.